The number of nitrogens with zero attached hydrogens (tertiary/aromatic N) is 6. The summed E-state index contributed by atoms with van der Waals surface area (Å²) in [4.78, 5) is 18.9. The quantitative estimate of drug-likeness (QED) is 0.160. The van der Waals surface area contributed by atoms with Crippen molar-refractivity contribution in [3.63, 3.8) is 0 Å². The minimum atomic E-state index is -0.137. The van der Waals surface area contributed by atoms with Crippen molar-refractivity contribution in [1.82, 2.24) is 19.5 Å². The number of ether oxygens (including phenoxy) is 1. The topological polar surface area (TPSA) is 59.3 Å². The van der Waals surface area contributed by atoms with E-state index in [1.54, 1.807) is 0 Å². The van der Waals surface area contributed by atoms with Gasteiger partial charge in [-0.25, -0.2) is 15.0 Å². The van der Waals surface area contributed by atoms with Crippen LogP contribution in [0.1, 0.15) is 79.0 Å². The zero-order valence-corrected chi connectivity index (χ0v) is 34.6. The molecule has 1 aliphatic heterocycles. The molecule has 0 radical (unpaired) electrons. The molecule has 0 aliphatic carbocycles. The first-order valence-electron chi connectivity index (χ1n) is 18.2. The van der Waals surface area contributed by atoms with Crippen LogP contribution < -0.4 is 14.5 Å². The molecule has 7 aromatic rings. The smallest absolute Gasteiger partial charge is 0.135 e. The van der Waals surface area contributed by atoms with E-state index in [0.717, 1.165) is 50.6 Å². The molecular formula is C46H45N6OPt-3. The number of hydrogen-bond acceptors (Lipinski definition) is 6. The molecular weight excluding hydrogens is 848 g/mol. The molecule has 54 heavy (non-hydrogen) atoms. The van der Waals surface area contributed by atoms with E-state index in [0.29, 0.717) is 11.5 Å². The molecule has 0 amide bonds. The Hall–Kier alpha value is -5.00. The molecule has 7 nitrogen and oxygen atoms in total. The molecule has 8 rings (SSSR count). The minimum absolute atomic E-state index is 0. The van der Waals surface area contributed by atoms with Gasteiger partial charge in [-0.15, -0.1) is 42.4 Å². The fraction of sp³-hybridized carbons (Fsp3) is 0.261. The summed E-state index contributed by atoms with van der Waals surface area (Å²) in [5, 5.41) is 2.22. The summed E-state index contributed by atoms with van der Waals surface area (Å²) in [5.74, 6) is 3.69. The van der Waals surface area contributed by atoms with Crippen LogP contribution in [-0.2, 0) is 37.3 Å². The molecule has 0 saturated carbocycles. The van der Waals surface area contributed by atoms with Crippen molar-refractivity contribution in [1.29, 1.82) is 0 Å². The average Bonchev–Trinajstić information content (AvgIpc) is 3.66. The second-order valence-corrected chi connectivity index (χ2v) is 16.9. The Balaban J connectivity index is 0.00000450. The monoisotopic (exact) mass is 892 g/mol. The van der Waals surface area contributed by atoms with Gasteiger partial charge >= 0.3 is 0 Å². The van der Waals surface area contributed by atoms with Crippen molar-refractivity contribution in [3.05, 3.63) is 139 Å². The van der Waals surface area contributed by atoms with Gasteiger partial charge in [0.05, 0.1) is 5.69 Å². The first-order chi connectivity index (χ1) is 25.2. The van der Waals surface area contributed by atoms with Gasteiger partial charge < -0.3 is 19.1 Å². The Labute approximate surface area is 333 Å². The van der Waals surface area contributed by atoms with Gasteiger partial charge in [0.25, 0.3) is 0 Å². The zero-order chi connectivity index (χ0) is 37.3. The normalized spacial score (nSPS) is 13.4. The van der Waals surface area contributed by atoms with E-state index in [9.17, 15) is 0 Å². The summed E-state index contributed by atoms with van der Waals surface area (Å²) in [5.41, 5.74) is 7.14. The van der Waals surface area contributed by atoms with Crippen molar-refractivity contribution in [2.75, 3.05) is 9.80 Å². The van der Waals surface area contributed by atoms with E-state index >= 15 is 0 Å². The molecule has 4 aromatic heterocycles. The van der Waals surface area contributed by atoms with Gasteiger partial charge in [-0.1, -0.05) is 91.7 Å². The molecule has 278 valence electrons. The van der Waals surface area contributed by atoms with Crippen LogP contribution in [0.3, 0.4) is 0 Å². The van der Waals surface area contributed by atoms with Crippen molar-refractivity contribution in [3.8, 4) is 17.3 Å². The van der Waals surface area contributed by atoms with E-state index in [1.807, 2.05) is 53.8 Å². The molecule has 1 aliphatic rings. The molecule has 5 heterocycles. The molecule has 0 saturated heterocycles. The van der Waals surface area contributed by atoms with Crippen LogP contribution in [0.25, 0.3) is 27.6 Å². The van der Waals surface area contributed by atoms with Crippen molar-refractivity contribution in [2.24, 2.45) is 0 Å². The van der Waals surface area contributed by atoms with Crippen LogP contribution >= 0.6 is 0 Å². The van der Waals surface area contributed by atoms with Gasteiger partial charge in [0.15, 0.2) is 0 Å². The third-order valence-electron chi connectivity index (χ3n) is 9.88. The van der Waals surface area contributed by atoms with Crippen LogP contribution in [-0.4, -0.2) is 19.5 Å². The van der Waals surface area contributed by atoms with Crippen LogP contribution in [0.4, 0.5) is 23.0 Å². The van der Waals surface area contributed by atoms with Crippen LogP contribution in [0.15, 0.2) is 104 Å². The number of fused-ring (bicyclic) bond motifs is 4. The van der Waals surface area contributed by atoms with Gasteiger partial charge in [0.2, 0.25) is 0 Å². The third-order valence-corrected chi connectivity index (χ3v) is 9.88. The Bertz CT molecular complexity index is 2500. The molecule has 0 fully saturated rings. The van der Waals surface area contributed by atoms with Crippen LogP contribution in [0, 0.1) is 18.8 Å². The zero-order valence-electron chi connectivity index (χ0n) is 32.3. The Morgan fingerprint density at radius 3 is 2.13 bits per heavy atom. The van der Waals surface area contributed by atoms with Gasteiger partial charge in [-0.2, -0.15) is 12.1 Å². The van der Waals surface area contributed by atoms with E-state index in [4.69, 9.17) is 19.7 Å². The van der Waals surface area contributed by atoms with Crippen LogP contribution in [0.2, 0.25) is 0 Å². The van der Waals surface area contributed by atoms with Gasteiger partial charge in [-0.3, -0.25) is 0 Å². The second kappa shape index (κ2) is 13.7. The summed E-state index contributed by atoms with van der Waals surface area (Å²) in [6.07, 6.45) is 5.71. The largest absolute Gasteiger partial charge is 0.509 e. The molecule has 0 N–H and O–H groups in total. The SMILES string of the molecule is CC(C)(C)c1ccnc(-n2c3[c-]c(Oc4[c-]c(N5[CH-]N(c6ncc(C(C)(C)C)cc6C(C)(C)C)c6cccnc65)ccc4)ccc3c3ccccc32)c1.[Pt]. The maximum Gasteiger partial charge on any atom is 0.135 e. The summed E-state index contributed by atoms with van der Waals surface area (Å²) in [6, 6.07) is 36.1. The molecule has 0 unspecified atom stereocenters. The number of pyridine rings is 3. The van der Waals surface area contributed by atoms with Crippen molar-refractivity contribution >= 4 is 44.8 Å². The third kappa shape index (κ3) is 6.79. The number of anilines is 4. The van der Waals surface area contributed by atoms with Crippen molar-refractivity contribution < 1.29 is 25.8 Å². The van der Waals surface area contributed by atoms with E-state index < -0.39 is 0 Å². The first kappa shape index (κ1) is 37.3. The maximum atomic E-state index is 6.53. The number of para-hydroxylation sites is 1. The van der Waals surface area contributed by atoms with Gasteiger partial charge in [0.1, 0.15) is 17.5 Å². The Kier molecular flexibility index (Phi) is 9.46. The van der Waals surface area contributed by atoms with E-state index in [-0.39, 0.29) is 37.3 Å². The summed E-state index contributed by atoms with van der Waals surface area (Å²) < 4.78 is 8.71. The number of benzene rings is 3. The Morgan fingerprint density at radius 1 is 0.611 bits per heavy atom. The summed E-state index contributed by atoms with van der Waals surface area (Å²) in [7, 11) is 0. The van der Waals surface area contributed by atoms with Crippen LogP contribution in [0.5, 0.6) is 11.5 Å². The maximum absolute atomic E-state index is 6.53. The summed E-state index contributed by atoms with van der Waals surface area (Å²) >= 11 is 0. The first-order valence-corrected chi connectivity index (χ1v) is 18.2. The fourth-order valence-corrected chi connectivity index (χ4v) is 6.88. The number of rotatable bonds is 5. The molecule has 3 aromatic carbocycles. The molecule has 8 heteroatoms. The number of hydrogen-bond donors (Lipinski definition) is 0. The molecule has 0 atom stereocenters. The number of aromatic nitrogens is 4. The standard InChI is InChI=1S/C46H45N6O.Pt/c1-44(2,3)30-21-23-47-41(25-30)52-38-17-11-10-16-35(38)36-20-19-34(27-40(36)52)53-33-15-12-14-32(26-33)50-29-51(39-18-13-22-48-43(39)50)42-37(46(7,8)9)24-31(28-49-42)45(4,5)6;/h10-25,28-29H,1-9H3;/q-3;. The second-order valence-electron chi connectivity index (χ2n) is 16.9. The van der Waals surface area contributed by atoms with E-state index in [2.05, 4.69) is 145 Å². The average molecular weight is 893 g/mol. The van der Waals surface area contributed by atoms with Gasteiger partial charge in [-0.05, 0) is 74.7 Å². The summed E-state index contributed by atoms with van der Waals surface area (Å²) in [6.45, 7) is 22.1. The Morgan fingerprint density at radius 2 is 1.37 bits per heavy atom. The molecule has 0 bridgehead atoms. The predicted octanol–water partition coefficient (Wildman–Crippen LogP) is 11.7. The van der Waals surface area contributed by atoms with Crippen molar-refractivity contribution in [2.45, 2.75) is 78.6 Å². The fourth-order valence-electron chi connectivity index (χ4n) is 6.88. The van der Waals surface area contributed by atoms with E-state index in [1.165, 1.54) is 16.7 Å². The minimum Gasteiger partial charge on any atom is -0.509 e. The van der Waals surface area contributed by atoms with Gasteiger partial charge in [0, 0.05) is 56.7 Å². The predicted molar refractivity (Wildman–Crippen MR) is 216 cm³/mol. The molecule has 0 spiro atoms.